The third kappa shape index (κ3) is 2.19. The van der Waals surface area contributed by atoms with Crippen LogP contribution < -0.4 is 0 Å². The second kappa shape index (κ2) is 4.85. The maximum atomic E-state index is 11.9. The van der Waals surface area contributed by atoms with Gasteiger partial charge in [0.2, 0.25) is 0 Å². The highest BCUT2D eigenvalue weighted by Gasteiger charge is 2.55. The Morgan fingerprint density at radius 3 is 2.81 bits per heavy atom. The number of hydrogen-bond acceptors (Lipinski definition) is 4. The summed E-state index contributed by atoms with van der Waals surface area (Å²) in [5.41, 5.74) is 2.62. The minimum absolute atomic E-state index is 0.0195. The number of carbonyl (C=O) groups is 2. The maximum absolute atomic E-state index is 11.9. The van der Waals surface area contributed by atoms with Crippen molar-refractivity contribution >= 4 is 11.9 Å². The minimum atomic E-state index is -0.223. The molecule has 0 N–H and O–H groups in total. The molecule has 0 bridgehead atoms. The Balaban J connectivity index is 1.95. The van der Waals surface area contributed by atoms with Crippen LogP contribution >= 0.6 is 0 Å². The SMILES string of the molecule is CC(=O)OC1CCC(C)=C2CC3C(CC21C)OC(=O)C3C. The predicted octanol–water partition coefficient (Wildman–Crippen LogP) is 3.01. The second-order valence-corrected chi connectivity index (χ2v) is 7.15. The zero-order valence-corrected chi connectivity index (χ0v) is 13.3. The normalized spacial score (nSPS) is 42.2. The van der Waals surface area contributed by atoms with Crippen LogP contribution in [0.5, 0.6) is 0 Å². The van der Waals surface area contributed by atoms with Gasteiger partial charge in [0, 0.05) is 18.3 Å². The highest BCUT2D eigenvalue weighted by molar-refractivity contribution is 5.75. The van der Waals surface area contributed by atoms with Crippen LogP contribution in [0.3, 0.4) is 0 Å². The first-order chi connectivity index (χ1) is 9.83. The largest absolute Gasteiger partial charge is 0.462 e. The molecule has 0 aromatic heterocycles. The van der Waals surface area contributed by atoms with E-state index < -0.39 is 0 Å². The molecule has 3 rings (SSSR count). The van der Waals surface area contributed by atoms with Gasteiger partial charge in [0.15, 0.2) is 0 Å². The average Bonchev–Trinajstić information content (AvgIpc) is 2.66. The molecule has 5 unspecified atom stereocenters. The van der Waals surface area contributed by atoms with Gasteiger partial charge in [0.05, 0.1) is 5.92 Å². The topological polar surface area (TPSA) is 52.6 Å². The van der Waals surface area contributed by atoms with E-state index >= 15 is 0 Å². The first-order valence-electron chi connectivity index (χ1n) is 7.89. The fourth-order valence-electron chi connectivity index (χ4n) is 4.55. The van der Waals surface area contributed by atoms with E-state index in [-0.39, 0.29) is 41.4 Å². The van der Waals surface area contributed by atoms with E-state index in [4.69, 9.17) is 9.47 Å². The van der Waals surface area contributed by atoms with Crippen molar-refractivity contribution in [1.82, 2.24) is 0 Å². The lowest BCUT2D eigenvalue weighted by Crippen LogP contribution is -2.47. The molecule has 0 spiro atoms. The summed E-state index contributed by atoms with van der Waals surface area (Å²) in [4.78, 5) is 23.3. The maximum Gasteiger partial charge on any atom is 0.309 e. The van der Waals surface area contributed by atoms with Crippen LogP contribution in [0.1, 0.15) is 53.4 Å². The van der Waals surface area contributed by atoms with E-state index in [1.54, 1.807) is 0 Å². The molecule has 0 amide bonds. The molecule has 2 fully saturated rings. The fourth-order valence-corrected chi connectivity index (χ4v) is 4.55. The van der Waals surface area contributed by atoms with Crippen LogP contribution in [0, 0.1) is 17.3 Å². The van der Waals surface area contributed by atoms with Crippen molar-refractivity contribution in [3.8, 4) is 0 Å². The molecule has 3 aliphatic rings. The zero-order valence-electron chi connectivity index (χ0n) is 13.3. The van der Waals surface area contributed by atoms with E-state index in [2.05, 4.69) is 13.8 Å². The van der Waals surface area contributed by atoms with Crippen molar-refractivity contribution in [3.05, 3.63) is 11.1 Å². The first-order valence-corrected chi connectivity index (χ1v) is 7.89. The molecular weight excluding hydrogens is 268 g/mol. The standard InChI is InChI=1S/C17H24O4/c1-9-5-6-15(20-11(3)18)17(4)8-14-12(7-13(9)17)10(2)16(19)21-14/h10,12,14-15H,5-8H2,1-4H3. The van der Waals surface area contributed by atoms with Gasteiger partial charge in [-0.3, -0.25) is 9.59 Å². The van der Waals surface area contributed by atoms with Gasteiger partial charge in [-0.2, -0.15) is 0 Å². The number of esters is 2. The molecule has 1 saturated carbocycles. The summed E-state index contributed by atoms with van der Waals surface area (Å²) in [6, 6.07) is 0. The van der Waals surface area contributed by atoms with Crippen molar-refractivity contribution in [1.29, 1.82) is 0 Å². The molecule has 1 saturated heterocycles. The molecule has 21 heavy (non-hydrogen) atoms. The Morgan fingerprint density at radius 1 is 1.43 bits per heavy atom. The molecule has 0 aromatic carbocycles. The third-order valence-electron chi connectivity index (χ3n) is 5.83. The van der Waals surface area contributed by atoms with Crippen molar-refractivity contribution in [2.45, 2.75) is 65.6 Å². The summed E-state index contributed by atoms with van der Waals surface area (Å²) in [7, 11) is 0. The summed E-state index contributed by atoms with van der Waals surface area (Å²) in [5, 5.41) is 0. The van der Waals surface area contributed by atoms with Crippen molar-refractivity contribution in [2.24, 2.45) is 17.3 Å². The van der Waals surface area contributed by atoms with Crippen LogP contribution in [-0.2, 0) is 19.1 Å². The van der Waals surface area contributed by atoms with Gasteiger partial charge < -0.3 is 9.47 Å². The number of fused-ring (bicyclic) bond motifs is 2. The Morgan fingerprint density at radius 2 is 2.14 bits per heavy atom. The Bertz CT molecular complexity index is 521. The highest BCUT2D eigenvalue weighted by Crippen LogP contribution is 2.55. The molecule has 4 nitrogen and oxygen atoms in total. The van der Waals surface area contributed by atoms with Gasteiger partial charge >= 0.3 is 11.9 Å². The van der Waals surface area contributed by atoms with E-state index in [0.717, 1.165) is 25.7 Å². The summed E-state index contributed by atoms with van der Waals surface area (Å²) in [6.07, 6.45) is 3.40. The minimum Gasteiger partial charge on any atom is -0.462 e. The summed E-state index contributed by atoms with van der Waals surface area (Å²) >= 11 is 0. The zero-order chi connectivity index (χ0) is 15.4. The Hall–Kier alpha value is -1.32. The molecular formula is C17H24O4. The highest BCUT2D eigenvalue weighted by atomic mass is 16.6. The van der Waals surface area contributed by atoms with Crippen LogP contribution in [0.2, 0.25) is 0 Å². The van der Waals surface area contributed by atoms with Gasteiger partial charge in [-0.05, 0) is 32.6 Å². The molecule has 2 aliphatic carbocycles. The third-order valence-corrected chi connectivity index (χ3v) is 5.83. The van der Waals surface area contributed by atoms with E-state index in [9.17, 15) is 9.59 Å². The van der Waals surface area contributed by atoms with Gasteiger partial charge in [-0.25, -0.2) is 0 Å². The van der Waals surface area contributed by atoms with Gasteiger partial charge in [0.25, 0.3) is 0 Å². The van der Waals surface area contributed by atoms with Crippen LogP contribution in [0.25, 0.3) is 0 Å². The number of ether oxygens (including phenoxy) is 2. The summed E-state index contributed by atoms with van der Waals surface area (Å²) < 4.78 is 11.2. The molecule has 4 heteroatoms. The van der Waals surface area contributed by atoms with E-state index in [1.165, 1.54) is 18.1 Å². The summed E-state index contributed by atoms with van der Waals surface area (Å²) in [5.74, 6) is -0.0332. The predicted molar refractivity (Wildman–Crippen MR) is 77.4 cm³/mol. The molecule has 0 aromatic rings. The molecule has 0 radical (unpaired) electrons. The van der Waals surface area contributed by atoms with Gasteiger partial charge in [-0.1, -0.05) is 25.0 Å². The molecule has 1 heterocycles. The van der Waals surface area contributed by atoms with E-state index in [1.807, 2.05) is 6.92 Å². The number of carbonyl (C=O) groups excluding carboxylic acids is 2. The molecule has 1 aliphatic heterocycles. The fraction of sp³-hybridized carbons (Fsp3) is 0.765. The van der Waals surface area contributed by atoms with Crippen molar-refractivity contribution < 1.29 is 19.1 Å². The monoisotopic (exact) mass is 292 g/mol. The Kier molecular flexibility index (Phi) is 3.38. The summed E-state index contributed by atoms with van der Waals surface area (Å²) in [6.45, 7) is 7.79. The van der Waals surface area contributed by atoms with Gasteiger partial charge in [-0.15, -0.1) is 0 Å². The molecule has 116 valence electrons. The average molecular weight is 292 g/mol. The quantitative estimate of drug-likeness (QED) is 0.550. The van der Waals surface area contributed by atoms with Crippen LogP contribution in [0.15, 0.2) is 11.1 Å². The van der Waals surface area contributed by atoms with Crippen LogP contribution in [-0.4, -0.2) is 24.1 Å². The Labute approximate surface area is 125 Å². The van der Waals surface area contributed by atoms with Crippen molar-refractivity contribution in [3.63, 3.8) is 0 Å². The molecule has 5 atom stereocenters. The second-order valence-electron chi connectivity index (χ2n) is 7.15. The lowest BCUT2D eigenvalue weighted by atomic mass is 9.58. The lowest BCUT2D eigenvalue weighted by molar-refractivity contribution is -0.157. The lowest BCUT2D eigenvalue weighted by Gasteiger charge is -2.49. The van der Waals surface area contributed by atoms with Crippen molar-refractivity contribution in [2.75, 3.05) is 0 Å². The van der Waals surface area contributed by atoms with Gasteiger partial charge in [0.1, 0.15) is 12.2 Å². The van der Waals surface area contributed by atoms with E-state index in [0.29, 0.717) is 0 Å². The van der Waals surface area contributed by atoms with Crippen LogP contribution in [0.4, 0.5) is 0 Å². The number of hydrogen-bond donors (Lipinski definition) is 0. The first kappa shape index (κ1) is 14.6. The number of allylic oxidation sites excluding steroid dienone is 1. The number of rotatable bonds is 1. The smallest absolute Gasteiger partial charge is 0.309 e.